The first-order valence-corrected chi connectivity index (χ1v) is 7.19. The Balaban J connectivity index is 1.76. The first-order valence-electron chi connectivity index (χ1n) is 6.37. The molecule has 3 nitrogen and oxygen atoms in total. The number of hydrogen-bond acceptors (Lipinski definition) is 4. The molecule has 3 rings (SSSR count). The molecule has 0 radical (unpaired) electrons. The summed E-state index contributed by atoms with van der Waals surface area (Å²) >= 11 is 1.68. The van der Waals surface area contributed by atoms with Gasteiger partial charge in [-0.2, -0.15) is 0 Å². The molecule has 0 aliphatic carbocycles. The van der Waals surface area contributed by atoms with Crippen molar-refractivity contribution in [3.05, 3.63) is 65.4 Å². The number of thiazole rings is 1. The van der Waals surface area contributed by atoms with Gasteiger partial charge in [0.2, 0.25) is 0 Å². The van der Waals surface area contributed by atoms with Gasteiger partial charge in [-0.3, -0.25) is 4.98 Å². The molecule has 4 heteroatoms. The zero-order valence-corrected chi connectivity index (χ0v) is 11.9. The maximum atomic E-state index is 5.75. The van der Waals surface area contributed by atoms with Crippen molar-refractivity contribution in [1.29, 1.82) is 0 Å². The lowest BCUT2D eigenvalue weighted by atomic mass is 10.2. The second-order valence-corrected chi connectivity index (χ2v) is 5.45. The van der Waals surface area contributed by atoms with E-state index in [1.165, 1.54) is 0 Å². The van der Waals surface area contributed by atoms with Crippen molar-refractivity contribution in [1.82, 2.24) is 9.97 Å². The van der Waals surface area contributed by atoms with Gasteiger partial charge in [-0.15, -0.1) is 11.3 Å². The summed E-state index contributed by atoms with van der Waals surface area (Å²) in [6.45, 7) is 2.56. The predicted molar refractivity (Wildman–Crippen MR) is 80.9 cm³/mol. The lowest BCUT2D eigenvalue weighted by molar-refractivity contribution is 0.308. The highest BCUT2D eigenvalue weighted by atomic mass is 32.1. The Morgan fingerprint density at radius 2 is 1.80 bits per heavy atom. The molecule has 0 spiro atoms. The summed E-state index contributed by atoms with van der Waals surface area (Å²) in [6, 6.07) is 13.9. The number of aryl methyl sites for hydroxylation is 1. The first kappa shape index (κ1) is 12.8. The quantitative estimate of drug-likeness (QED) is 0.723. The molecule has 0 fully saturated rings. The molecule has 0 unspecified atom stereocenters. The molecular weight excluding hydrogens is 268 g/mol. The zero-order chi connectivity index (χ0) is 13.8. The van der Waals surface area contributed by atoms with Crippen LogP contribution in [-0.2, 0) is 6.61 Å². The van der Waals surface area contributed by atoms with Crippen LogP contribution in [0.15, 0.2) is 54.9 Å². The van der Waals surface area contributed by atoms with E-state index in [9.17, 15) is 0 Å². The second-order valence-electron chi connectivity index (χ2n) is 4.37. The summed E-state index contributed by atoms with van der Waals surface area (Å²) in [7, 11) is 0. The van der Waals surface area contributed by atoms with E-state index in [0.29, 0.717) is 6.61 Å². The molecule has 0 N–H and O–H groups in total. The van der Waals surface area contributed by atoms with E-state index >= 15 is 0 Å². The Morgan fingerprint density at radius 1 is 1.05 bits per heavy atom. The van der Waals surface area contributed by atoms with Gasteiger partial charge in [0.15, 0.2) is 0 Å². The van der Waals surface area contributed by atoms with Gasteiger partial charge in [-0.25, -0.2) is 4.98 Å². The molecule has 0 aliphatic heterocycles. The Morgan fingerprint density at radius 3 is 2.55 bits per heavy atom. The van der Waals surface area contributed by atoms with Crippen LogP contribution in [0, 0.1) is 6.92 Å². The number of aromatic nitrogens is 2. The molecule has 2 heterocycles. The minimum absolute atomic E-state index is 0.542. The van der Waals surface area contributed by atoms with Crippen LogP contribution in [0.3, 0.4) is 0 Å². The topological polar surface area (TPSA) is 35.0 Å². The summed E-state index contributed by atoms with van der Waals surface area (Å²) in [5, 5.41) is 1.04. The summed E-state index contributed by atoms with van der Waals surface area (Å²) in [5.74, 6) is 0.828. The van der Waals surface area contributed by atoms with Crippen molar-refractivity contribution in [2.45, 2.75) is 13.5 Å². The van der Waals surface area contributed by atoms with Gasteiger partial charge in [0.25, 0.3) is 0 Å². The van der Waals surface area contributed by atoms with E-state index in [2.05, 4.69) is 22.1 Å². The standard InChI is InChI=1S/C16H14N2OS/c1-12-15(11-19-14-7-9-17-10-8-14)20-16(18-12)13-5-3-2-4-6-13/h2-10H,11H2,1H3. The Bertz CT molecular complexity index is 680. The van der Waals surface area contributed by atoms with Gasteiger partial charge >= 0.3 is 0 Å². The monoisotopic (exact) mass is 282 g/mol. The fourth-order valence-corrected chi connectivity index (χ4v) is 2.83. The number of ether oxygens (including phenoxy) is 1. The van der Waals surface area contributed by atoms with Gasteiger partial charge in [0.1, 0.15) is 17.4 Å². The maximum Gasteiger partial charge on any atom is 0.124 e. The van der Waals surface area contributed by atoms with Gasteiger partial charge in [-0.1, -0.05) is 30.3 Å². The third-order valence-electron chi connectivity index (χ3n) is 2.93. The van der Waals surface area contributed by atoms with Gasteiger partial charge in [0, 0.05) is 18.0 Å². The number of benzene rings is 1. The molecule has 0 atom stereocenters. The Labute approximate surface area is 121 Å². The van der Waals surface area contributed by atoms with E-state index in [1.807, 2.05) is 37.3 Å². The van der Waals surface area contributed by atoms with E-state index < -0.39 is 0 Å². The predicted octanol–water partition coefficient (Wildman–Crippen LogP) is 4.09. The molecule has 3 aromatic rings. The van der Waals surface area contributed by atoms with Crippen LogP contribution < -0.4 is 4.74 Å². The fraction of sp³-hybridized carbons (Fsp3) is 0.125. The second kappa shape index (κ2) is 5.84. The third kappa shape index (κ3) is 2.86. The van der Waals surface area contributed by atoms with Crippen LogP contribution in [-0.4, -0.2) is 9.97 Å². The smallest absolute Gasteiger partial charge is 0.124 e. The van der Waals surface area contributed by atoms with E-state index in [-0.39, 0.29) is 0 Å². The van der Waals surface area contributed by atoms with Crippen LogP contribution >= 0.6 is 11.3 Å². The zero-order valence-electron chi connectivity index (χ0n) is 11.1. The summed E-state index contributed by atoms with van der Waals surface area (Å²) in [5.41, 5.74) is 2.18. The molecule has 100 valence electrons. The van der Waals surface area contributed by atoms with Gasteiger partial charge in [0.05, 0.1) is 10.6 Å². The summed E-state index contributed by atoms with van der Waals surface area (Å²) < 4.78 is 5.75. The fourth-order valence-electron chi connectivity index (χ4n) is 1.85. The molecular formula is C16H14N2OS. The lowest BCUT2D eigenvalue weighted by Crippen LogP contribution is -1.94. The molecule has 0 bridgehead atoms. The van der Waals surface area contributed by atoms with Gasteiger partial charge < -0.3 is 4.74 Å². The average molecular weight is 282 g/mol. The van der Waals surface area contributed by atoms with Crippen LogP contribution in [0.4, 0.5) is 0 Å². The minimum Gasteiger partial charge on any atom is -0.488 e. The molecule has 0 saturated carbocycles. The first-order chi connectivity index (χ1) is 9.83. The Kier molecular flexibility index (Phi) is 3.74. The number of rotatable bonds is 4. The van der Waals surface area contributed by atoms with E-state index in [4.69, 9.17) is 4.74 Å². The summed E-state index contributed by atoms with van der Waals surface area (Å²) in [6.07, 6.45) is 3.45. The van der Waals surface area contributed by atoms with Crippen LogP contribution in [0.25, 0.3) is 10.6 Å². The molecule has 2 aromatic heterocycles. The van der Waals surface area contributed by atoms with Crippen molar-refractivity contribution >= 4 is 11.3 Å². The minimum atomic E-state index is 0.542. The highest BCUT2D eigenvalue weighted by Crippen LogP contribution is 2.28. The van der Waals surface area contributed by atoms with Crippen molar-refractivity contribution in [2.75, 3.05) is 0 Å². The molecule has 0 amide bonds. The third-order valence-corrected chi connectivity index (χ3v) is 4.11. The molecule has 0 aliphatic rings. The molecule has 0 saturated heterocycles. The van der Waals surface area contributed by atoms with Crippen LogP contribution in [0.5, 0.6) is 5.75 Å². The van der Waals surface area contributed by atoms with Crippen LogP contribution in [0.1, 0.15) is 10.6 Å². The average Bonchev–Trinajstić information content (AvgIpc) is 2.88. The van der Waals surface area contributed by atoms with Crippen LogP contribution in [0.2, 0.25) is 0 Å². The SMILES string of the molecule is Cc1nc(-c2ccccc2)sc1COc1ccncc1. The number of hydrogen-bond donors (Lipinski definition) is 0. The van der Waals surface area contributed by atoms with Crippen molar-refractivity contribution in [3.8, 4) is 16.3 Å². The number of pyridine rings is 1. The van der Waals surface area contributed by atoms with Crippen molar-refractivity contribution < 1.29 is 4.74 Å². The largest absolute Gasteiger partial charge is 0.488 e. The Hall–Kier alpha value is -2.20. The van der Waals surface area contributed by atoms with E-state index in [0.717, 1.165) is 26.9 Å². The molecule has 1 aromatic carbocycles. The lowest BCUT2D eigenvalue weighted by Gasteiger charge is -2.03. The van der Waals surface area contributed by atoms with Crippen molar-refractivity contribution in [3.63, 3.8) is 0 Å². The highest BCUT2D eigenvalue weighted by molar-refractivity contribution is 7.15. The highest BCUT2D eigenvalue weighted by Gasteiger charge is 2.09. The molecule has 20 heavy (non-hydrogen) atoms. The summed E-state index contributed by atoms with van der Waals surface area (Å²) in [4.78, 5) is 9.74. The van der Waals surface area contributed by atoms with E-state index in [1.54, 1.807) is 23.7 Å². The van der Waals surface area contributed by atoms with Crippen molar-refractivity contribution in [2.24, 2.45) is 0 Å². The number of nitrogens with zero attached hydrogens (tertiary/aromatic N) is 2. The normalized spacial score (nSPS) is 10.4. The maximum absolute atomic E-state index is 5.75. The van der Waals surface area contributed by atoms with Gasteiger partial charge in [-0.05, 0) is 19.1 Å².